The zero-order valence-electron chi connectivity index (χ0n) is 34.1. The van der Waals surface area contributed by atoms with E-state index in [0.717, 1.165) is 50.1 Å². The first-order chi connectivity index (χ1) is 31.2. The van der Waals surface area contributed by atoms with Crippen LogP contribution in [0.1, 0.15) is 0 Å². The highest BCUT2D eigenvalue weighted by Crippen LogP contribution is 2.52. The maximum absolute atomic E-state index is 5.27. The van der Waals surface area contributed by atoms with Crippen LogP contribution in [0, 0.1) is 0 Å². The van der Waals surface area contributed by atoms with Crippen LogP contribution in [-0.4, -0.2) is 19.5 Å². The fourth-order valence-electron chi connectivity index (χ4n) is 9.90. The van der Waals surface area contributed by atoms with E-state index < -0.39 is 0 Å². The minimum atomic E-state index is 0.612. The van der Waals surface area contributed by atoms with Crippen molar-refractivity contribution in [3.63, 3.8) is 0 Å². The van der Waals surface area contributed by atoms with Gasteiger partial charge < -0.3 is 4.57 Å². The molecule has 0 atom stereocenters. The highest BCUT2D eigenvalue weighted by atomic mass is 15.0. The normalized spacial score (nSPS) is 11.8. The molecule has 0 saturated carbocycles. The summed E-state index contributed by atoms with van der Waals surface area (Å²) in [6, 6.07) is 77.9. The molecule has 4 nitrogen and oxygen atoms in total. The highest BCUT2D eigenvalue weighted by Gasteiger charge is 2.26. The zero-order chi connectivity index (χ0) is 41.4. The average Bonchev–Trinajstić information content (AvgIpc) is 3.88. The van der Waals surface area contributed by atoms with Crippen LogP contribution in [0.25, 0.3) is 128 Å². The molecule has 2 heterocycles. The van der Waals surface area contributed by atoms with E-state index in [1.807, 2.05) is 12.1 Å². The van der Waals surface area contributed by atoms with E-state index in [1.165, 1.54) is 60.1 Å². The monoisotopic (exact) mass is 800 g/mol. The molecule has 12 aromatic rings. The maximum atomic E-state index is 5.27. The van der Waals surface area contributed by atoms with Crippen LogP contribution >= 0.6 is 0 Å². The van der Waals surface area contributed by atoms with Crippen molar-refractivity contribution < 1.29 is 0 Å². The fourth-order valence-corrected chi connectivity index (χ4v) is 9.90. The highest BCUT2D eigenvalue weighted by molar-refractivity contribution is 6.33. The topological polar surface area (TPSA) is 43.6 Å². The van der Waals surface area contributed by atoms with Crippen LogP contribution in [0.4, 0.5) is 0 Å². The Morgan fingerprint density at radius 2 is 0.746 bits per heavy atom. The number of fused-ring (bicyclic) bond motifs is 9. The van der Waals surface area contributed by atoms with Gasteiger partial charge in [-0.15, -0.1) is 0 Å². The molecule has 0 spiro atoms. The molecular weight excluding hydrogens is 765 g/mol. The number of hydrogen-bond acceptors (Lipinski definition) is 3. The summed E-state index contributed by atoms with van der Waals surface area (Å²) in [5.74, 6) is 1.85. The summed E-state index contributed by atoms with van der Waals surface area (Å²) in [5.41, 5.74) is 15.8. The molecule has 0 amide bonds. The lowest BCUT2D eigenvalue weighted by Crippen LogP contribution is -2.01. The van der Waals surface area contributed by atoms with E-state index in [1.54, 1.807) is 0 Å². The molecule has 292 valence electrons. The largest absolute Gasteiger partial charge is 0.309 e. The molecule has 63 heavy (non-hydrogen) atoms. The smallest absolute Gasteiger partial charge is 0.164 e. The molecular formula is C59H36N4. The van der Waals surface area contributed by atoms with Crippen LogP contribution < -0.4 is 0 Å². The SMILES string of the molecule is c1ccc(-c2cccc(-c3nc(-c4cccc(-c5ccccc5)c4)nc(-c4cccc(-n5c6ccc7ccccc7c6c6c7cccc8c7c(cc65)-c5ccccc5-8)c4)n3)c2)cc1. The Morgan fingerprint density at radius 1 is 0.270 bits per heavy atom. The van der Waals surface area contributed by atoms with Crippen LogP contribution in [-0.2, 0) is 0 Å². The number of nitrogens with zero attached hydrogens (tertiary/aromatic N) is 4. The Balaban J connectivity index is 1.04. The number of hydrogen-bond donors (Lipinski definition) is 0. The molecule has 0 bridgehead atoms. The predicted octanol–water partition coefficient (Wildman–Crippen LogP) is 15.3. The van der Waals surface area contributed by atoms with Gasteiger partial charge in [0, 0.05) is 33.2 Å². The van der Waals surface area contributed by atoms with Gasteiger partial charge in [0.1, 0.15) is 0 Å². The lowest BCUT2D eigenvalue weighted by Gasteiger charge is -2.13. The second kappa shape index (κ2) is 14.1. The van der Waals surface area contributed by atoms with Gasteiger partial charge in [0.2, 0.25) is 0 Å². The molecule has 0 saturated heterocycles. The summed E-state index contributed by atoms with van der Waals surface area (Å²) in [6.45, 7) is 0. The van der Waals surface area contributed by atoms with Gasteiger partial charge in [-0.05, 0) is 102 Å². The number of aromatic nitrogens is 4. The minimum Gasteiger partial charge on any atom is -0.309 e. The van der Waals surface area contributed by atoms with Crippen molar-refractivity contribution in [2.24, 2.45) is 0 Å². The van der Waals surface area contributed by atoms with Crippen molar-refractivity contribution in [3.05, 3.63) is 218 Å². The van der Waals surface area contributed by atoms with Gasteiger partial charge in [0.05, 0.1) is 11.0 Å². The molecule has 0 aliphatic heterocycles. The lowest BCUT2D eigenvalue weighted by molar-refractivity contribution is 1.07. The Bertz CT molecular complexity index is 3690. The molecule has 0 fully saturated rings. The summed E-state index contributed by atoms with van der Waals surface area (Å²) in [4.78, 5) is 15.7. The Kier molecular flexibility index (Phi) is 7.87. The van der Waals surface area contributed by atoms with Gasteiger partial charge in [-0.25, -0.2) is 15.0 Å². The number of rotatable bonds is 6. The molecule has 0 N–H and O–H groups in total. The van der Waals surface area contributed by atoms with E-state index in [9.17, 15) is 0 Å². The second-order valence-electron chi connectivity index (χ2n) is 16.4. The summed E-state index contributed by atoms with van der Waals surface area (Å²) in [6.07, 6.45) is 0. The third-order valence-electron chi connectivity index (χ3n) is 12.7. The van der Waals surface area contributed by atoms with Crippen molar-refractivity contribution in [3.8, 4) is 84.4 Å². The van der Waals surface area contributed by atoms with Crippen LogP contribution in [0.3, 0.4) is 0 Å². The molecule has 1 aliphatic rings. The summed E-state index contributed by atoms with van der Waals surface area (Å²) in [7, 11) is 0. The van der Waals surface area contributed by atoms with Gasteiger partial charge in [-0.3, -0.25) is 0 Å². The zero-order valence-corrected chi connectivity index (χ0v) is 34.1. The fraction of sp³-hybridized carbons (Fsp3) is 0. The summed E-state index contributed by atoms with van der Waals surface area (Å²) in [5, 5.41) is 7.59. The summed E-state index contributed by atoms with van der Waals surface area (Å²) < 4.78 is 2.44. The van der Waals surface area contributed by atoms with E-state index in [0.29, 0.717) is 17.5 Å². The third-order valence-corrected chi connectivity index (χ3v) is 12.7. The van der Waals surface area contributed by atoms with Gasteiger partial charge in [0.15, 0.2) is 17.5 Å². The van der Waals surface area contributed by atoms with Crippen molar-refractivity contribution in [1.29, 1.82) is 0 Å². The van der Waals surface area contributed by atoms with Crippen molar-refractivity contribution in [2.45, 2.75) is 0 Å². The van der Waals surface area contributed by atoms with Gasteiger partial charge >= 0.3 is 0 Å². The van der Waals surface area contributed by atoms with E-state index in [2.05, 4.69) is 211 Å². The maximum Gasteiger partial charge on any atom is 0.164 e. The van der Waals surface area contributed by atoms with Crippen molar-refractivity contribution in [2.75, 3.05) is 0 Å². The standard InChI is InChI=1S/C59H36N4/c1-3-15-37(16-4-1)40-20-11-22-42(33-40)57-60-58(43-23-12-21-41(34-43)38-17-5-2-6-18-38)62-59(61-57)44-24-13-25-45(35-44)63-52-32-31-39-19-7-8-26-46(39)55(52)56-50-30-14-29-49-47-27-9-10-28-48(47)51(54(49)50)36-53(56)63/h1-36H. The van der Waals surface area contributed by atoms with Gasteiger partial charge in [-0.2, -0.15) is 0 Å². The number of benzene rings is 10. The van der Waals surface area contributed by atoms with Gasteiger partial charge in [0.25, 0.3) is 0 Å². The van der Waals surface area contributed by atoms with Crippen LogP contribution in [0.5, 0.6) is 0 Å². The van der Waals surface area contributed by atoms with Crippen molar-refractivity contribution in [1.82, 2.24) is 19.5 Å². The molecule has 10 aromatic carbocycles. The first-order valence-electron chi connectivity index (χ1n) is 21.4. The quantitative estimate of drug-likeness (QED) is 0.168. The van der Waals surface area contributed by atoms with E-state index in [4.69, 9.17) is 15.0 Å². The predicted molar refractivity (Wildman–Crippen MR) is 261 cm³/mol. The lowest BCUT2D eigenvalue weighted by atomic mass is 9.96. The first kappa shape index (κ1) is 35.3. The molecule has 13 rings (SSSR count). The molecule has 1 aliphatic carbocycles. The molecule has 4 heteroatoms. The van der Waals surface area contributed by atoms with Gasteiger partial charge in [-0.1, -0.05) is 182 Å². The van der Waals surface area contributed by atoms with Crippen LogP contribution in [0.15, 0.2) is 218 Å². The molecule has 0 radical (unpaired) electrons. The minimum absolute atomic E-state index is 0.612. The Morgan fingerprint density at radius 3 is 1.41 bits per heavy atom. The third kappa shape index (κ3) is 5.66. The molecule has 2 aromatic heterocycles. The average molecular weight is 801 g/mol. The Hall–Kier alpha value is -8.47. The van der Waals surface area contributed by atoms with E-state index in [-0.39, 0.29) is 0 Å². The second-order valence-corrected chi connectivity index (χ2v) is 16.4. The van der Waals surface area contributed by atoms with Crippen molar-refractivity contribution >= 4 is 43.4 Å². The first-order valence-corrected chi connectivity index (χ1v) is 21.4. The summed E-state index contributed by atoms with van der Waals surface area (Å²) >= 11 is 0. The van der Waals surface area contributed by atoms with Crippen LogP contribution in [0.2, 0.25) is 0 Å². The molecule has 0 unspecified atom stereocenters. The van der Waals surface area contributed by atoms with E-state index >= 15 is 0 Å². The Labute approximate surface area is 364 Å².